The van der Waals surface area contributed by atoms with Crippen LogP contribution in [0.2, 0.25) is 0 Å². The van der Waals surface area contributed by atoms with Crippen LogP contribution in [0, 0.1) is 0 Å². The van der Waals surface area contributed by atoms with Gasteiger partial charge in [-0.15, -0.1) is 0 Å². The topological polar surface area (TPSA) is 72.6 Å². The highest BCUT2D eigenvalue weighted by Gasteiger charge is 2.40. The maximum absolute atomic E-state index is 12.6. The van der Waals surface area contributed by atoms with Crippen LogP contribution in [0.15, 0.2) is 0 Å². The number of sulfonamides is 1. The van der Waals surface area contributed by atoms with Crippen LogP contribution in [0.3, 0.4) is 0 Å². The Morgan fingerprint density at radius 1 is 1.32 bits per heavy atom. The molecule has 114 valence electrons. The van der Waals surface area contributed by atoms with E-state index in [2.05, 4.69) is 0 Å². The SMILES string of the molecule is CCN(C(CC)(CC)CN)S(=O)(=O)CC1CCCO1. The third kappa shape index (κ3) is 3.68. The standard InChI is InChI=1S/C13H28N2O3S/c1-4-13(5-2,11-14)15(6-3)19(16,17)10-12-8-7-9-18-12/h12H,4-11,14H2,1-3H3. The van der Waals surface area contributed by atoms with Crippen LogP contribution in [0.4, 0.5) is 0 Å². The molecule has 0 saturated carbocycles. The van der Waals surface area contributed by atoms with E-state index in [1.165, 1.54) is 0 Å². The number of hydrogen-bond acceptors (Lipinski definition) is 4. The van der Waals surface area contributed by atoms with Gasteiger partial charge in [0, 0.05) is 25.2 Å². The van der Waals surface area contributed by atoms with Gasteiger partial charge >= 0.3 is 0 Å². The molecule has 1 aliphatic rings. The molecule has 0 bridgehead atoms. The average Bonchev–Trinajstić information content (AvgIpc) is 2.87. The number of nitrogens with zero attached hydrogens (tertiary/aromatic N) is 1. The van der Waals surface area contributed by atoms with Crippen LogP contribution in [0.5, 0.6) is 0 Å². The minimum Gasteiger partial charge on any atom is -0.377 e. The van der Waals surface area contributed by atoms with E-state index in [1.807, 2.05) is 20.8 Å². The van der Waals surface area contributed by atoms with Gasteiger partial charge in [0.1, 0.15) is 0 Å². The van der Waals surface area contributed by atoms with E-state index in [-0.39, 0.29) is 11.9 Å². The lowest BCUT2D eigenvalue weighted by atomic mass is 9.93. The van der Waals surface area contributed by atoms with Crippen molar-refractivity contribution in [1.82, 2.24) is 4.31 Å². The van der Waals surface area contributed by atoms with Crippen LogP contribution in [-0.2, 0) is 14.8 Å². The number of hydrogen-bond donors (Lipinski definition) is 1. The Morgan fingerprint density at radius 2 is 1.95 bits per heavy atom. The van der Waals surface area contributed by atoms with Crippen molar-refractivity contribution >= 4 is 10.0 Å². The molecule has 1 fully saturated rings. The molecule has 2 N–H and O–H groups in total. The Balaban J connectivity index is 2.92. The van der Waals surface area contributed by atoms with E-state index < -0.39 is 15.6 Å². The zero-order chi connectivity index (χ0) is 14.5. The van der Waals surface area contributed by atoms with Gasteiger partial charge < -0.3 is 10.5 Å². The molecule has 5 nitrogen and oxygen atoms in total. The first-order valence-electron chi connectivity index (χ1n) is 7.28. The maximum Gasteiger partial charge on any atom is 0.217 e. The second-order valence-corrected chi connectivity index (χ2v) is 7.15. The third-order valence-electron chi connectivity index (χ3n) is 4.27. The van der Waals surface area contributed by atoms with Crippen LogP contribution in [0.1, 0.15) is 46.5 Å². The normalized spacial score (nSPS) is 21.2. The van der Waals surface area contributed by atoms with Crippen molar-refractivity contribution < 1.29 is 13.2 Å². The van der Waals surface area contributed by atoms with Gasteiger partial charge in [0.15, 0.2) is 0 Å². The lowest BCUT2D eigenvalue weighted by Gasteiger charge is -2.41. The van der Waals surface area contributed by atoms with Gasteiger partial charge in [-0.3, -0.25) is 0 Å². The second kappa shape index (κ2) is 7.02. The first-order chi connectivity index (χ1) is 8.95. The summed E-state index contributed by atoms with van der Waals surface area (Å²) in [6.07, 6.45) is 3.11. The molecule has 0 aromatic rings. The molecule has 1 rings (SSSR count). The number of ether oxygens (including phenoxy) is 1. The molecule has 0 spiro atoms. The predicted octanol–water partition coefficient (Wildman–Crippen LogP) is 1.33. The molecule has 0 amide bonds. The summed E-state index contributed by atoms with van der Waals surface area (Å²) in [5.41, 5.74) is 5.42. The molecule has 1 atom stereocenters. The number of nitrogens with two attached hydrogens (primary N) is 1. The molecule has 1 heterocycles. The van der Waals surface area contributed by atoms with Crippen LogP contribution in [0.25, 0.3) is 0 Å². The molecular weight excluding hydrogens is 264 g/mol. The highest BCUT2D eigenvalue weighted by atomic mass is 32.2. The Bertz CT molecular complexity index is 352. The summed E-state index contributed by atoms with van der Waals surface area (Å²) in [5.74, 6) is 0.0859. The fourth-order valence-electron chi connectivity index (χ4n) is 2.92. The molecule has 1 aliphatic heterocycles. The van der Waals surface area contributed by atoms with Crippen molar-refractivity contribution in [1.29, 1.82) is 0 Å². The minimum atomic E-state index is -3.32. The van der Waals surface area contributed by atoms with Gasteiger partial charge in [0.2, 0.25) is 10.0 Å². The van der Waals surface area contributed by atoms with Gasteiger partial charge in [0.25, 0.3) is 0 Å². The van der Waals surface area contributed by atoms with Crippen molar-refractivity contribution in [2.24, 2.45) is 5.73 Å². The molecular formula is C13H28N2O3S. The van der Waals surface area contributed by atoms with Crippen LogP contribution < -0.4 is 5.73 Å². The lowest BCUT2D eigenvalue weighted by molar-refractivity contribution is 0.123. The molecule has 0 aliphatic carbocycles. The van der Waals surface area contributed by atoms with E-state index >= 15 is 0 Å². The van der Waals surface area contributed by atoms with Gasteiger partial charge in [-0.25, -0.2) is 8.42 Å². The van der Waals surface area contributed by atoms with E-state index in [4.69, 9.17) is 10.5 Å². The Morgan fingerprint density at radius 3 is 2.32 bits per heavy atom. The van der Waals surface area contributed by atoms with Crippen molar-refractivity contribution in [2.75, 3.05) is 25.4 Å². The second-order valence-electron chi connectivity index (χ2n) is 5.21. The van der Waals surface area contributed by atoms with Crippen LogP contribution in [-0.4, -0.2) is 49.8 Å². The van der Waals surface area contributed by atoms with Gasteiger partial charge in [-0.1, -0.05) is 20.8 Å². The molecule has 0 aromatic heterocycles. The first-order valence-corrected chi connectivity index (χ1v) is 8.88. The molecule has 6 heteroatoms. The summed E-state index contributed by atoms with van der Waals surface area (Å²) in [5, 5.41) is 0. The van der Waals surface area contributed by atoms with E-state index in [0.29, 0.717) is 19.7 Å². The largest absolute Gasteiger partial charge is 0.377 e. The number of likely N-dealkylation sites (N-methyl/N-ethyl adjacent to an activating group) is 1. The van der Waals surface area contributed by atoms with Crippen molar-refractivity contribution in [3.05, 3.63) is 0 Å². The summed E-state index contributed by atoms with van der Waals surface area (Å²) in [4.78, 5) is 0. The predicted molar refractivity (Wildman–Crippen MR) is 77.5 cm³/mol. The highest BCUT2D eigenvalue weighted by molar-refractivity contribution is 7.89. The lowest BCUT2D eigenvalue weighted by Crippen LogP contribution is -2.56. The fraction of sp³-hybridized carbons (Fsp3) is 1.00. The Labute approximate surface area is 117 Å². The summed E-state index contributed by atoms with van der Waals surface area (Å²) < 4.78 is 32.3. The number of rotatable bonds is 8. The summed E-state index contributed by atoms with van der Waals surface area (Å²) in [7, 11) is -3.32. The summed E-state index contributed by atoms with van der Waals surface area (Å²) >= 11 is 0. The minimum absolute atomic E-state index is 0.0859. The third-order valence-corrected chi connectivity index (χ3v) is 6.38. The Hall–Kier alpha value is -0.170. The quantitative estimate of drug-likeness (QED) is 0.732. The van der Waals surface area contributed by atoms with E-state index in [1.54, 1.807) is 4.31 Å². The average molecular weight is 292 g/mol. The maximum atomic E-state index is 12.6. The van der Waals surface area contributed by atoms with Gasteiger partial charge in [-0.05, 0) is 25.7 Å². The summed E-state index contributed by atoms with van der Waals surface area (Å²) in [6, 6.07) is 0. The van der Waals surface area contributed by atoms with Crippen LogP contribution >= 0.6 is 0 Å². The van der Waals surface area contributed by atoms with Crippen molar-refractivity contribution in [2.45, 2.75) is 58.1 Å². The molecule has 19 heavy (non-hydrogen) atoms. The van der Waals surface area contributed by atoms with E-state index in [0.717, 1.165) is 25.7 Å². The fourth-order valence-corrected chi connectivity index (χ4v) is 5.15. The highest BCUT2D eigenvalue weighted by Crippen LogP contribution is 2.27. The zero-order valence-corrected chi connectivity index (χ0v) is 13.2. The van der Waals surface area contributed by atoms with E-state index in [9.17, 15) is 8.42 Å². The van der Waals surface area contributed by atoms with Gasteiger partial charge in [0.05, 0.1) is 11.9 Å². The Kier molecular flexibility index (Phi) is 6.23. The zero-order valence-electron chi connectivity index (χ0n) is 12.4. The smallest absolute Gasteiger partial charge is 0.217 e. The first kappa shape index (κ1) is 16.9. The molecule has 0 aromatic carbocycles. The van der Waals surface area contributed by atoms with Crippen molar-refractivity contribution in [3.8, 4) is 0 Å². The summed E-state index contributed by atoms with van der Waals surface area (Å²) in [6.45, 7) is 7.38. The molecule has 0 radical (unpaired) electrons. The monoisotopic (exact) mass is 292 g/mol. The molecule has 1 saturated heterocycles. The molecule has 1 unspecified atom stereocenters. The van der Waals surface area contributed by atoms with Crippen molar-refractivity contribution in [3.63, 3.8) is 0 Å². The van der Waals surface area contributed by atoms with Gasteiger partial charge in [-0.2, -0.15) is 4.31 Å².